The van der Waals surface area contributed by atoms with Gasteiger partial charge in [0.15, 0.2) is 0 Å². The van der Waals surface area contributed by atoms with E-state index in [1.807, 2.05) is 0 Å². The predicted molar refractivity (Wildman–Crippen MR) is 229 cm³/mol. The highest BCUT2D eigenvalue weighted by Gasteiger charge is 2.18. The molecule has 0 saturated carbocycles. The van der Waals surface area contributed by atoms with E-state index in [9.17, 15) is 0 Å². The van der Waals surface area contributed by atoms with Crippen LogP contribution in [0.2, 0.25) is 0 Å². The van der Waals surface area contributed by atoms with E-state index >= 15 is 0 Å². The molecule has 0 fully saturated rings. The summed E-state index contributed by atoms with van der Waals surface area (Å²) in [6.45, 7) is 0. The maximum absolute atomic E-state index is 2.40. The van der Waals surface area contributed by atoms with Gasteiger partial charge in [-0.25, -0.2) is 0 Å². The number of para-hydroxylation sites is 2. The quantitative estimate of drug-likeness (QED) is 0.162. The van der Waals surface area contributed by atoms with Crippen LogP contribution in [0.3, 0.4) is 0 Å². The van der Waals surface area contributed by atoms with E-state index in [1.54, 1.807) is 0 Å². The highest BCUT2D eigenvalue weighted by Crippen LogP contribution is 2.42. The molecule has 0 aliphatic heterocycles. The fraction of sp³-hybridized carbons (Fsp3) is 0. The van der Waals surface area contributed by atoms with Crippen molar-refractivity contribution in [2.75, 3.05) is 4.90 Å². The van der Waals surface area contributed by atoms with Gasteiger partial charge in [-0.05, 0) is 99.3 Å². The summed E-state index contributed by atoms with van der Waals surface area (Å²) in [6.07, 6.45) is 0. The van der Waals surface area contributed by atoms with Crippen molar-refractivity contribution in [1.29, 1.82) is 0 Å². The van der Waals surface area contributed by atoms with Gasteiger partial charge in [0.1, 0.15) is 0 Å². The van der Waals surface area contributed by atoms with Crippen LogP contribution in [-0.2, 0) is 0 Å². The summed E-state index contributed by atoms with van der Waals surface area (Å²) in [5, 5.41) is 4.99. The summed E-state index contributed by atoms with van der Waals surface area (Å²) in [4.78, 5) is 2.38. The van der Waals surface area contributed by atoms with E-state index in [0.717, 1.165) is 17.1 Å². The van der Waals surface area contributed by atoms with Crippen molar-refractivity contribution in [3.8, 4) is 39.1 Å². The lowest BCUT2D eigenvalue weighted by Gasteiger charge is -2.28. The first-order valence-corrected chi connectivity index (χ1v) is 18.5. The van der Waals surface area contributed by atoms with Crippen molar-refractivity contribution in [3.63, 3.8) is 0 Å². The zero-order valence-electron chi connectivity index (χ0n) is 29.7. The van der Waals surface area contributed by atoms with Crippen LogP contribution in [0.5, 0.6) is 0 Å². The Morgan fingerprint density at radius 2 is 0.852 bits per heavy atom. The van der Waals surface area contributed by atoms with E-state index in [2.05, 4.69) is 228 Å². The molecule has 1 aromatic heterocycles. The van der Waals surface area contributed by atoms with Crippen LogP contribution in [0.1, 0.15) is 0 Å². The topological polar surface area (TPSA) is 8.17 Å². The van der Waals surface area contributed by atoms with Gasteiger partial charge >= 0.3 is 0 Å². The Morgan fingerprint density at radius 3 is 1.59 bits per heavy atom. The number of benzene rings is 9. The molecule has 2 heteroatoms. The lowest BCUT2D eigenvalue weighted by molar-refractivity contribution is 1.19. The molecular formula is C52H36N2. The molecule has 1 heterocycles. The van der Waals surface area contributed by atoms with Crippen LogP contribution >= 0.6 is 0 Å². The van der Waals surface area contributed by atoms with Crippen LogP contribution in [-0.4, -0.2) is 4.57 Å². The van der Waals surface area contributed by atoms with Crippen molar-refractivity contribution in [2.45, 2.75) is 0 Å². The molecule has 0 spiro atoms. The number of fused-ring (bicyclic) bond motifs is 4. The molecule has 0 unspecified atom stereocenters. The van der Waals surface area contributed by atoms with E-state index in [-0.39, 0.29) is 0 Å². The second kappa shape index (κ2) is 13.4. The molecule has 0 amide bonds. The van der Waals surface area contributed by atoms with E-state index in [0.29, 0.717) is 0 Å². The SMILES string of the molecule is c1ccc(-c2ccc(N(c3ccc(-c4ccc5c(c4)c4ccccc4n5-c4ccc5ccccc5c4)cc3)c3ccccc3-c3ccccc3)cc2)cc1. The van der Waals surface area contributed by atoms with Crippen molar-refractivity contribution < 1.29 is 0 Å². The summed E-state index contributed by atoms with van der Waals surface area (Å²) in [7, 11) is 0. The minimum absolute atomic E-state index is 1.10. The average Bonchev–Trinajstić information content (AvgIpc) is 3.59. The van der Waals surface area contributed by atoms with Gasteiger partial charge in [-0.15, -0.1) is 0 Å². The summed E-state index contributed by atoms with van der Waals surface area (Å²) >= 11 is 0. The number of rotatable bonds is 7. The monoisotopic (exact) mass is 688 g/mol. The Labute approximate surface area is 315 Å². The van der Waals surface area contributed by atoms with Gasteiger partial charge in [-0.1, -0.05) is 158 Å². The Bertz CT molecular complexity index is 2910. The molecule has 0 bridgehead atoms. The van der Waals surface area contributed by atoms with Gasteiger partial charge in [0.2, 0.25) is 0 Å². The smallest absolute Gasteiger partial charge is 0.0541 e. The lowest BCUT2D eigenvalue weighted by Crippen LogP contribution is -2.11. The Morgan fingerprint density at radius 1 is 0.315 bits per heavy atom. The van der Waals surface area contributed by atoms with E-state index in [1.165, 1.54) is 71.6 Å². The molecule has 0 saturated heterocycles. The first-order valence-electron chi connectivity index (χ1n) is 18.5. The molecule has 10 aromatic rings. The predicted octanol–water partition coefficient (Wildman–Crippen LogP) is 14.4. The molecule has 0 aliphatic rings. The molecule has 10 rings (SSSR count). The summed E-state index contributed by atoms with van der Waals surface area (Å²) in [5.74, 6) is 0. The molecule has 0 N–H and O–H groups in total. The van der Waals surface area contributed by atoms with Gasteiger partial charge < -0.3 is 9.47 Å². The van der Waals surface area contributed by atoms with Gasteiger partial charge in [-0.3, -0.25) is 0 Å². The van der Waals surface area contributed by atoms with Crippen LogP contribution in [0.4, 0.5) is 17.1 Å². The highest BCUT2D eigenvalue weighted by atomic mass is 15.1. The number of hydrogen-bond donors (Lipinski definition) is 0. The average molecular weight is 689 g/mol. The fourth-order valence-electron chi connectivity index (χ4n) is 7.94. The lowest BCUT2D eigenvalue weighted by atomic mass is 10.00. The standard InChI is InChI=1S/C52H36N2/c1-3-13-37(14-4-1)39-23-29-44(30-24-39)53(50-21-11-9-19-47(50)41-16-5-2-6-17-41)45-31-25-40(26-32-45)43-28-34-52-49(36-43)48-20-10-12-22-51(48)54(52)46-33-27-38-15-7-8-18-42(38)35-46/h1-36H. The number of nitrogens with zero attached hydrogens (tertiary/aromatic N) is 2. The molecule has 9 aromatic carbocycles. The van der Waals surface area contributed by atoms with Crippen LogP contribution < -0.4 is 4.90 Å². The zero-order valence-corrected chi connectivity index (χ0v) is 29.7. The maximum atomic E-state index is 2.40. The highest BCUT2D eigenvalue weighted by molar-refractivity contribution is 6.10. The van der Waals surface area contributed by atoms with E-state index in [4.69, 9.17) is 0 Å². The second-order valence-electron chi connectivity index (χ2n) is 13.8. The zero-order chi connectivity index (χ0) is 35.8. The second-order valence-corrected chi connectivity index (χ2v) is 13.8. The summed E-state index contributed by atoms with van der Waals surface area (Å²) in [6, 6.07) is 78.8. The normalized spacial score (nSPS) is 11.3. The van der Waals surface area contributed by atoms with Crippen molar-refractivity contribution in [2.24, 2.45) is 0 Å². The summed E-state index contributed by atoms with van der Waals surface area (Å²) in [5.41, 5.74) is 14.1. The molecule has 54 heavy (non-hydrogen) atoms. The largest absolute Gasteiger partial charge is 0.310 e. The first kappa shape index (κ1) is 31.6. The van der Waals surface area contributed by atoms with Crippen molar-refractivity contribution in [3.05, 3.63) is 218 Å². The number of anilines is 3. The minimum Gasteiger partial charge on any atom is -0.310 e. The number of aromatic nitrogens is 1. The van der Waals surface area contributed by atoms with E-state index < -0.39 is 0 Å². The Hall–Kier alpha value is -7.16. The Balaban J connectivity index is 1.07. The third-order valence-corrected chi connectivity index (χ3v) is 10.6. The molecule has 254 valence electrons. The molecule has 0 aliphatic carbocycles. The van der Waals surface area contributed by atoms with Gasteiger partial charge in [0.05, 0.1) is 16.7 Å². The van der Waals surface area contributed by atoms with Gasteiger partial charge in [0.25, 0.3) is 0 Å². The van der Waals surface area contributed by atoms with Crippen LogP contribution in [0, 0.1) is 0 Å². The number of hydrogen-bond acceptors (Lipinski definition) is 1. The third kappa shape index (κ3) is 5.62. The minimum atomic E-state index is 1.10. The molecule has 0 atom stereocenters. The molecule has 2 nitrogen and oxygen atoms in total. The Kier molecular flexibility index (Phi) is 7.85. The first-order chi connectivity index (χ1) is 26.8. The van der Waals surface area contributed by atoms with Crippen molar-refractivity contribution in [1.82, 2.24) is 4.57 Å². The van der Waals surface area contributed by atoms with Gasteiger partial charge in [-0.2, -0.15) is 0 Å². The maximum Gasteiger partial charge on any atom is 0.0541 e. The molecular weight excluding hydrogens is 653 g/mol. The summed E-state index contributed by atoms with van der Waals surface area (Å²) < 4.78 is 2.40. The molecule has 0 radical (unpaired) electrons. The third-order valence-electron chi connectivity index (χ3n) is 10.6. The fourth-order valence-corrected chi connectivity index (χ4v) is 7.94. The van der Waals surface area contributed by atoms with Crippen molar-refractivity contribution >= 4 is 49.6 Å². The van der Waals surface area contributed by atoms with Gasteiger partial charge in [0, 0.05) is 33.4 Å². The van der Waals surface area contributed by atoms with Crippen LogP contribution in [0.25, 0.3) is 71.6 Å². The van der Waals surface area contributed by atoms with Crippen LogP contribution in [0.15, 0.2) is 218 Å².